The summed E-state index contributed by atoms with van der Waals surface area (Å²) in [4.78, 5) is 24.1. The van der Waals surface area contributed by atoms with Crippen molar-refractivity contribution in [2.75, 3.05) is 13.2 Å². The molecule has 1 rings (SSSR count). The van der Waals surface area contributed by atoms with Crippen LogP contribution in [0, 0.1) is 0 Å². The molecule has 1 aromatic rings. The first-order valence-electron chi connectivity index (χ1n) is 7.81. The molecule has 6 nitrogen and oxygen atoms in total. The van der Waals surface area contributed by atoms with Gasteiger partial charge in [-0.2, -0.15) is 0 Å². The number of benzene rings is 1. The zero-order valence-corrected chi connectivity index (χ0v) is 17.0. The quantitative estimate of drug-likeness (QED) is 0.527. The predicted molar refractivity (Wildman–Crippen MR) is 101 cm³/mol. The lowest BCUT2D eigenvalue weighted by Crippen LogP contribution is -2.47. The number of alkyl halides is 3. The minimum Gasteiger partial charge on any atom is -0.460 e. The summed E-state index contributed by atoms with van der Waals surface area (Å²) < 4.78 is 13.8. The van der Waals surface area contributed by atoms with Crippen LogP contribution in [0.3, 0.4) is 0 Å². The van der Waals surface area contributed by atoms with Crippen LogP contribution in [0.4, 0.5) is 4.79 Å². The minimum absolute atomic E-state index is 0.132. The number of rotatable bonds is 7. The molecule has 0 aliphatic rings. The number of nitrogens with one attached hydrogen (secondary N) is 1. The van der Waals surface area contributed by atoms with Crippen molar-refractivity contribution < 1.29 is 23.8 Å². The van der Waals surface area contributed by atoms with Crippen LogP contribution >= 0.6 is 34.8 Å². The van der Waals surface area contributed by atoms with Crippen molar-refractivity contribution in [1.82, 2.24) is 5.32 Å². The number of carbonyl (C=O) groups is 2. The molecule has 146 valence electrons. The fourth-order valence-corrected chi connectivity index (χ4v) is 1.90. The molecule has 0 radical (unpaired) electrons. The first-order chi connectivity index (χ1) is 12.0. The van der Waals surface area contributed by atoms with Crippen LogP contribution in [0.15, 0.2) is 30.3 Å². The van der Waals surface area contributed by atoms with Crippen LogP contribution in [0.5, 0.6) is 0 Å². The van der Waals surface area contributed by atoms with Gasteiger partial charge in [-0.3, -0.25) is 0 Å². The monoisotopic (exact) mass is 425 g/mol. The van der Waals surface area contributed by atoms with Crippen molar-refractivity contribution in [3.8, 4) is 0 Å². The van der Waals surface area contributed by atoms with Gasteiger partial charge in [-0.1, -0.05) is 65.1 Å². The maximum atomic E-state index is 12.2. The summed E-state index contributed by atoms with van der Waals surface area (Å²) in [6.45, 7) is 4.78. The third kappa shape index (κ3) is 10.7. The summed E-state index contributed by atoms with van der Waals surface area (Å²) in [6, 6.07) is 8.25. The Morgan fingerprint density at radius 3 is 2.27 bits per heavy atom. The van der Waals surface area contributed by atoms with Crippen LogP contribution in [0.1, 0.15) is 26.3 Å². The first-order valence-corrected chi connectivity index (χ1v) is 8.94. The third-order valence-corrected chi connectivity index (χ3v) is 3.08. The van der Waals surface area contributed by atoms with Crippen LogP contribution in [0.25, 0.3) is 0 Å². The van der Waals surface area contributed by atoms with Crippen LogP contribution in [0.2, 0.25) is 0 Å². The number of amides is 1. The van der Waals surface area contributed by atoms with Crippen molar-refractivity contribution in [2.24, 2.45) is 0 Å². The lowest BCUT2D eigenvalue weighted by molar-refractivity contribution is -0.147. The zero-order chi connectivity index (χ0) is 19.8. The van der Waals surface area contributed by atoms with E-state index in [1.165, 1.54) is 0 Å². The SMILES string of the molecule is CC(C)(C)OC(=O)NC(COCc1ccccc1)C(=O)OCC(Cl)(Cl)Cl. The van der Waals surface area contributed by atoms with Crippen molar-refractivity contribution in [1.29, 1.82) is 0 Å². The molecular weight excluding hydrogens is 405 g/mol. The molecule has 1 aromatic carbocycles. The zero-order valence-electron chi connectivity index (χ0n) is 14.8. The molecule has 1 unspecified atom stereocenters. The van der Waals surface area contributed by atoms with Gasteiger partial charge in [0.15, 0.2) is 6.04 Å². The number of esters is 1. The second kappa shape index (κ2) is 10.2. The molecule has 0 aliphatic carbocycles. The van der Waals surface area contributed by atoms with Gasteiger partial charge in [-0.25, -0.2) is 9.59 Å². The summed E-state index contributed by atoms with van der Waals surface area (Å²) in [5.74, 6) is -0.796. The molecule has 0 heterocycles. The Bertz CT molecular complexity index is 584. The summed E-state index contributed by atoms with van der Waals surface area (Å²) in [6.07, 6.45) is -0.781. The molecule has 1 atom stereocenters. The molecule has 0 spiro atoms. The van der Waals surface area contributed by atoms with E-state index in [0.717, 1.165) is 5.56 Å². The van der Waals surface area contributed by atoms with Crippen molar-refractivity contribution in [3.63, 3.8) is 0 Å². The smallest absolute Gasteiger partial charge is 0.408 e. The summed E-state index contributed by atoms with van der Waals surface area (Å²) in [5, 5.41) is 2.41. The van der Waals surface area contributed by atoms with Gasteiger partial charge in [0.25, 0.3) is 0 Å². The van der Waals surface area contributed by atoms with Crippen LogP contribution < -0.4 is 5.32 Å². The maximum Gasteiger partial charge on any atom is 0.408 e. The molecule has 1 amide bonds. The predicted octanol–water partition coefficient (Wildman–Crippen LogP) is 4.01. The molecular formula is C17H22Cl3NO5. The highest BCUT2D eigenvalue weighted by atomic mass is 35.6. The van der Waals surface area contributed by atoms with Crippen LogP contribution in [-0.4, -0.2) is 40.7 Å². The second-order valence-electron chi connectivity index (χ2n) is 6.42. The van der Waals surface area contributed by atoms with Crippen molar-refractivity contribution in [3.05, 3.63) is 35.9 Å². The Morgan fingerprint density at radius 2 is 1.73 bits per heavy atom. The van der Waals surface area contributed by atoms with Gasteiger partial charge in [0.05, 0.1) is 13.2 Å². The normalized spacial score (nSPS) is 13.0. The largest absolute Gasteiger partial charge is 0.460 e. The van der Waals surface area contributed by atoms with E-state index in [0.29, 0.717) is 0 Å². The van der Waals surface area contributed by atoms with E-state index < -0.39 is 34.1 Å². The Kier molecular flexibility index (Phi) is 8.96. The average Bonchev–Trinajstić information content (AvgIpc) is 2.50. The highest BCUT2D eigenvalue weighted by molar-refractivity contribution is 6.67. The van der Waals surface area contributed by atoms with E-state index in [1.807, 2.05) is 30.3 Å². The summed E-state index contributed by atoms with van der Waals surface area (Å²) >= 11 is 16.7. The molecule has 26 heavy (non-hydrogen) atoms. The molecule has 0 saturated carbocycles. The van der Waals surface area contributed by atoms with Crippen molar-refractivity contribution >= 4 is 46.9 Å². The lowest BCUT2D eigenvalue weighted by atomic mass is 10.2. The van der Waals surface area contributed by atoms with E-state index in [9.17, 15) is 9.59 Å². The Balaban J connectivity index is 2.64. The molecule has 1 N–H and O–H groups in total. The lowest BCUT2D eigenvalue weighted by Gasteiger charge is -2.23. The minimum atomic E-state index is -1.75. The van der Waals surface area contributed by atoms with Gasteiger partial charge in [0.1, 0.15) is 12.2 Å². The van der Waals surface area contributed by atoms with Crippen molar-refractivity contribution in [2.45, 2.75) is 42.8 Å². The highest BCUT2D eigenvalue weighted by Gasteiger charge is 2.29. The summed E-state index contributed by atoms with van der Waals surface area (Å²) in [7, 11) is 0. The van der Waals surface area contributed by atoms with E-state index in [1.54, 1.807) is 20.8 Å². The van der Waals surface area contributed by atoms with Gasteiger partial charge in [0, 0.05) is 0 Å². The molecule has 0 aromatic heterocycles. The topological polar surface area (TPSA) is 73.9 Å². The fraction of sp³-hybridized carbons (Fsp3) is 0.529. The number of halogens is 3. The highest BCUT2D eigenvalue weighted by Crippen LogP contribution is 2.26. The van der Waals surface area contributed by atoms with Gasteiger partial charge >= 0.3 is 12.1 Å². The van der Waals surface area contributed by atoms with E-state index in [4.69, 9.17) is 49.0 Å². The van der Waals surface area contributed by atoms with Gasteiger partial charge in [-0.15, -0.1) is 0 Å². The number of carbonyl (C=O) groups excluding carboxylic acids is 2. The number of alkyl carbamates (subject to hydrolysis) is 1. The van der Waals surface area contributed by atoms with Gasteiger partial charge in [0.2, 0.25) is 3.79 Å². The van der Waals surface area contributed by atoms with Gasteiger partial charge in [-0.05, 0) is 26.3 Å². The Hall–Kier alpha value is -1.21. The van der Waals surface area contributed by atoms with E-state index in [2.05, 4.69) is 5.32 Å². The molecule has 9 heteroatoms. The third-order valence-electron chi connectivity index (χ3n) is 2.75. The maximum absolute atomic E-state index is 12.2. The van der Waals surface area contributed by atoms with Gasteiger partial charge < -0.3 is 19.5 Å². The number of hydrogen-bond donors (Lipinski definition) is 1. The van der Waals surface area contributed by atoms with Crippen LogP contribution in [-0.2, 0) is 25.6 Å². The Labute approximate surface area is 168 Å². The Morgan fingerprint density at radius 1 is 1.12 bits per heavy atom. The molecule has 0 aliphatic heterocycles. The average molecular weight is 427 g/mol. The summed E-state index contributed by atoms with van der Waals surface area (Å²) in [5.41, 5.74) is 0.194. The standard InChI is InChI=1S/C17H22Cl3NO5/c1-16(2,3)26-15(23)21-13(14(22)25-11-17(18,19)20)10-24-9-12-7-5-4-6-8-12/h4-8,13H,9-11H2,1-3H3,(H,21,23). The molecule has 0 bridgehead atoms. The molecule has 0 saturated heterocycles. The number of hydrogen-bond acceptors (Lipinski definition) is 5. The fourth-order valence-electron chi connectivity index (χ4n) is 1.74. The number of ether oxygens (including phenoxy) is 3. The first kappa shape index (κ1) is 22.8. The molecule has 0 fully saturated rings. The van der Waals surface area contributed by atoms with E-state index in [-0.39, 0.29) is 13.2 Å². The second-order valence-corrected chi connectivity index (χ2v) is 8.94. The van der Waals surface area contributed by atoms with E-state index >= 15 is 0 Å².